The molecule has 2 aromatic heterocycles. The third-order valence-corrected chi connectivity index (χ3v) is 6.15. The van der Waals surface area contributed by atoms with Gasteiger partial charge in [0.15, 0.2) is 5.13 Å². The van der Waals surface area contributed by atoms with Gasteiger partial charge in [0.2, 0.25) is 0 Å². The number of aromatic nitrogens is 2. The molecule has 2 heterocycles. The Balaban J connectivity index is 1.36. The van der Waals surface area contributed by atoms with E-state index in [0.29, 0.717) is 11.7 Å². The number of anilines is 1. The molecule has 4 rings (SSSR count). The zero-order valence-electron chi connectivity index (χ0n) is 14.3. The molecule has 0 unspecified atom stereocenters. The van der Waals surface area contributed by atoms with Gasteiger partial charge < -0.3 is 5.32 Å². The number of carbonyl (C=O) groups is 1. The van der Waals surface area contributed by atoms with Gasteiger partial charge in [-0.25, -0.2) is 14.8 Å². The first-order chi connectivity index (χ1) is 12.7. The lowest BCUT2D eigenvalue weighted by atomic mass is 10.1. The van der Waals surface area contributed by atoms with Crippen molar-refractivity contribution in [1.82, 2.24) is 15.3 Å². The van der Waals surface area contributed by atoms with E-state index in [9.17, 15) is 4.79 Å². The average Bonchev–Trinajstić information content (AvgIpc) is 3.21. The quantitative estimate of drug-likeness (QED) is 0.479. The van der Waals surface area contributed by atoms with Gasteiger partial charge in [-0.1, -0.05) is 41.7 Å². The molecule has 0 spiro atoms. The molecule has 5 nitrogen and oxygen atoms in total. The van der Waals surface area contributed by atoms with Crippen LogP contribution in [0.3, 0.4) is 0 Å². The molecule has 0 radical (unpaired) electrons. The largest absolute Gasteiger partial charge is 0.338 e. The standard InChI is InChI=1S/C19H18N4OS2/c1-12-21-14-9-10-15-17(16(14)25-12)26-19(22-15)23-18(24)20-11-5-8-13-6-3-2-4-7-13/h2-4,6-7,9-10H,5,8,11H2,1H3,(H2,20,22,23,24). The van der Waals surface area contributed by atoms with E-state index in [1.54, 1.807) is 11.3 Å². The molecule has 0 atom stereocenters. The Bertz CT molecular complexity index is 1060. The minimum atomic E-state index is -0.214. The fourth-order valence-electron chi connectivity index (χ4n) is 2.82. The Morgan fingerprint density at radius 3 is 2.54 bits per heavy atom. The molecular formula is C19H18N4OS2. The molecule has 2 amide bonds. The smallest absolute Gasteiger partial charge is 0.321 e. The van der Waals surface area contributed by atoms with Crippen molar-refractivity contribution in [2.24, 2.45) is 0 Å². The summed E-state index contributed by atoms with van der Waals surface area (Å²) in [7, 11) is 0. The maximum Gasteiger partial charge on any atom is 0.321 e. The number of benzene rings is 2. The van der Waals surface area contributed by atoms with Gasteiger partial charge in [0.1, 0.15) is 0 Å². The summed E-state index contributed by atoms with van der Waals surface area (Å²) in [6.45, 7) is 2.63. The second-order valence-electron chi connectivity index (χ2n) is 5.98. The summed E-state index contributed by atoms with van der Waals surface area (Å²) in [4.78, 5) is 21.1. The molecule has 0 aliphatic rings. The van der Waals surface area contributed by atoms with Crippen LogP contribution in [0.25, 0.3) is 20.4 Å². The number of carbonyl (C=O) groups excluding carboxylic acids is 1. The molecule has 2 aromatic carbocycles. The third kappa shape index (κ3) is 3.68. The van der Waals surface area contributed by atoms with Gasteiger partial charge in [-0.3, -0.25) is 5.32 Å². The number of thiazole rings is 2. The van der Waals surface area contributed by atoms with E-state index in [-0.39, 0.29) is 6.03 Å². The first kappa shape index (κ1) is 16.9. The van der Waals surface area contributed by atoms with Crippen LogP contribution in [-0.2, 0) is 6.42 Å². The lowest BCUT2D eigenvalue weighted by Gasteiger charge is -2.05. The lowest BCUT2D eigenvalue weighted by Crippen LogP contribution is -2.29. The number of hydrogen-bond acceptors (Lipinski definition) is 5. The van der Waals surface area contributed by atoms with Gasteiger partial charge in [0, 0.05) is 6.54 Å². The van der Waals surface area contributed by atoms with Gasteiger partial charge in [-0.2, -0.15) is 0 Å². The molecule has 0 aliphatic heterocycles. The number of fused-ring (bicyclic) bond motifs is 3. The zero-order chi connectivity index (χ0) is 17.9. The predicted molar refractivity (Wildman–Crippen MR) is 109 cm³/mol. The topological polar surface area (TPSA) is 66.9 Å². The molecule has 132 valence electrons. The fraction of sp³-hybridized carbons (Fsp3) is 0.211. The number of nitrogens with zero attached hydrogens (tertiary/aromatic N) is 2. The van der Waals surface area contributed by atoms with Crippen LogP contribution in [0.15, 0.2) is 42.5 Å². The number of hydrogen-bond donors (Lipinski definition) is 2. The van der Waals surface area contributed by atoms with Gasteiger partial charge >= 0.3 is 6.03 Å². The Kier molecular flexibility index (Phi) is 4.81. The van der Waals surface area contributed by atoms with Crippen LogP contribution in [0.5, 0.6) is 0 Å². The van der Waals surface area contributed by atoms with Gasteiger partial charge in [0.25, 0.3) is 0 Å². The fourth-order valence-corrected chi connectivity index (χ4v) is 4.82. The zero-order valence-corrected chi connectivity index (χ0v) is 15.9. The lowest BCUT2D eigenvalue weighted by molar-refractivity contribution is 0.252. The number of urea groups is 1. The number of rotatable bonds is 5. The highest BCUT2D eigenvalue weighted by Crippen LogP contribution is 2.35. The highest BCUT2D eigenvalue weighted by Gasteiger charge is 2.12. The number of nitrogens with one attached hydrogen (secondary N) is 2. The van der Waals surface area contributed by atoms with Crippen molar-refractivity contribution < 1.29 is 4.79 Å². The molecule has 7 heteroatoms. The Morgan fingerprint density at radius 1 is 1.00 bits per heavy atom. The van der Waals surface area contributed by atoms with E-state index in [4.69, 9.17) is 0 Å². The first-order valence-corrected chi connectivity index (χ1v) is 10.1. The summed E-state index contributed by atoms with van der Waals surface area (Å²) in [5, 5.41) is 7.38. The van der Waals surface area contributed by atoms with Crippen LogP contribution in [0, 0.1) is 6.92 Å². The molecular weight excluding hydrogens is 364 g/mol. The molecule has 4 aromatic rings. The van der Waals surface area contributed by atoms with Crippen LogP contribution in [0.1, 0.15) is 17.0 Å². The van der Waals surface area contributed by atoms with Gasteiger partial charge in [-0.15, -0.1) is 11.3 Å². The number of aryl methyl sites for hydroxylation is 2. The van der Waals surface area contributed by atoms with Crippen molar-refractivity contribution in [2.45, 2.75) is 19.8 Å². The van der Waals surface area contributed by atoms with E-state index in [1.165, 1.54) is 16.9 Å². The van der Waals surface area contributed by atoms with Crippen LogP contribution < -0.4 is 10.6 Å². The average molecular weight is 383 g/mol. The second-order valence-corrected chi connectivity index (χ2v) is 8.19. The van der Waals surface area contributed by atoms with Crippen molar-refractivity contribution in [1.29, 1.82) is 0 Å². The molecule has 2 N–H and O–H groups in total. The monoisotopic (exact) mass is 382 g/mol. The van der Waals surface area contributed by atoms with E-state index < -0.39 is 0 Å². The predicted octanol–water partition coefficient (Wildman–Crippen LogP) is 4.97. The minimum Gasteiger partial charge on any atom is -0.338 e. The van der Waals surface area contributed by atoms with Crippen molar-refractivity contribution >= 4 is 54.3 Å². The molecule has 26 heavy (non-hydrogen) atoms. The minimum absolute atomic E-state index is 0.214. The highest BCUT2D eigenvalue weighted by atomic mass is 32.1. The molecule has 0 aliphatic carbocycles. The van der Waals surface area contributed by atoms with Crippen molar-refractivity contribution in [3.05, 3.63) is 53.0 Å². The molecule has 0 fully saturated rings. The second kappa shape index (κ2) is 7.39. The van der Waals surface area contributed by atoms with Crippen LogP contribution in [0.2, 0.25) is 0 Å². The van der Waals surface area contributed by atoms with E-state index in [2.05, 4.69) is 32.7 Å². The Labute approximate surface area is 159 Å². The molecule has 0 bridgehead atoms. The Hall–Kier alpha value is -2.51. The maximum atomic E-state index is 12.1. The summed E-state index contributed by atoms with van der Waals surface area (Å²) in [6, 6.07) is 14.0. The summed E-state index contributed by atoms with van der Waals surface area (Å²) in [5.74, 6) is 0. The van der Waals surface area contributed by atoms with Crippen LogP contribution in [0.4, 0.5) is 9.93 Å². The van der Waals surface area contributed by atoms with Crippen molar-refractivity contribution in [2.75, 3.05) is 11.9 Å². The molecule has 0 saturated carbocycles. The van der Waals surface area contributed by atoms with E-state index in [0.717, 1.165) is 38.3 Å². The third-order valence-electron chi connectivity index (χ3n) is 4.01. The SMILES string of the molecule is Cc1nc2ccc3nc(NC(=O)NCCCc4ccccc4)sc3c2s1. The normalized spacial score (nSPS) is 11.1. The number of amides is 2. The van der Waals surface area contributed by atoms with Gasteiger partial charge in [-0.05, 0) is 37.5 Å². The summed E-state index contributed by atoms with van der Waals surface area (Å²) < 4.78 is 2.21. The highest BCUT2D eigenvalue weighted by molar-refractivity contribution is 7.28. The summed E-state index contributed by atoms with van der Waals surface area (Å²) in [6.07, 6.45) is 1.85. The van der Waals surface area contributed by atoms with E-state index >= 15 is 0 Å². The molecule has 0 saturated heterocycles. The maximum absolute atomic E-state index is 12.1. The first-order valence-electron chi connectivity index (χ1n) is 8.44. The van der Waals surface area contributed by atoms with Crippen LogP contribution >= 0.6 is 22.7 Å². The van der Waals surface area contributed by atoms with Gasteiger partial charge in [0.05, 0.1) is 25.4 Å². The van der Waals surface area contributed by atoms with Crippen LogP contribution in [-0.4, -0.2) is 22.5 Å². The van der Waals surface area contributed by atoms with Crippen molar-refractivity contribution in [3.8, 4) is 0 Å². The summed E-state index contributed by atoms with van der Waals surface area (Å²) >= 11 is 3.15. The Morgan fingerprint density at radius 2 is 1.73 bits per heavy atom. The van der Waals surface area contributed by atoms with E-state index in [1.807, 2.05) is 37.3 Å². The summed E-state index contributed by atoms with van der Waals surface area (Å²) in [5.41, 5.74) is 3.16. The van der Waals surface area contributed by atoms with Crippen molar-refractivity contribution in [3.63, 3.8) is 0 Å².